The Morgan fingerprint density at radius 1 is 1.29 bits per heavy atom. The third-order valence-electron chi connectivity index (χ3n) is 5.28. The Labute approximate surface area is 140 Å². The summed E-state index contributed by atoms with van der Waals surface area (Å²) in [5.74, 6) is 0.0247. The molecule has 24 heavy (non-hydrogen) atoms. The second-order valence-electron chi connectivity index (χ2n) is 6.91. The molecule has 3 nitrogen and oxygen atoms in total. The van der Waals surface area contributed by atoms with Crippen molar-refractivity contribution in [3.8, 4) is 0 Å². The molecule has 2 atom stereocenters. The summed E-state index contributed by atoms with van der Waals surface area (Å²) in [6.07, 6.45) is -1.65. The van der Waals surface area contributed by atoms with Crippen LogP contribution >= 0.6 is 0 Å². The quantitative estimate of drug-likeness (QED) is 0.761. The van der Waals surface area contributed by atoms with E-state index in [-0.39, 0.29) is 11.8 Å². The molecule has 2 unspecified atom stereocenters. The van der Waals surface area contributed by atoms with Gasteiger partial charge in [0.25, 0.3) is 0 Å². The van der Waals surface area contributed by atoms with E-state index in [4.69, 9.17) is 11.3 Å². The summed E-state index contributed by atoms with van der Waals surface area (Å²) in [5.41, 5.74) is 0.226. The number of rotatable bonds is 3. The molecule has 6 heteroatoms. The van der Waals surface area contributed by atoms with E-state index >= 15 is 0 Å². The van der Waals surface area contributed by atoms with Crippen molar-refractivity contribution in [2.45, 2.75) is 31.0 Å². The number of nitrogens with zero attached hydrogens (tertiary/aromatic N) is 2. The average molecular weight is 338 g/mol. The molecule has 3 rings (SSSR count). The van der Waals surface area contributed by atoms with Gasteiger partial charge < -0.3 is 9.64 Å². The third-order valence-corrected chi connectivity index (χ3v) is 5.28. The number of hydrogen-bond acceptors (Lipinski definition) is 2. The molecule has 2 aliphatic rings. The Morgan fingerprint density at radius 3 is 2.54 bits per heavy atom. The van der Waals surface area contributed by atoms with Gasteiger partial charge in [0.1, 0.15) is 12.2 Å². The number of likely N-dealkylation sites (tertiary alicyclic amines) is 1. The maximum absolute atomic E-state index is 12.9. The summed E-state index contributed by atoms with van der Waals surface area (Å²) >= 11 is 0. The Bertz CT molecular complexity index is 624. The second-order valence-corrected chi connectivity index (χ2v) is 6.91. The van der Waals surface area contributed by atoms with Gasteiger partial charge in [-0.25, -0.2) is 4.85 Å². The summed E-state index contributed by atoms with van der Waals surface area (Å²) in [6, 6.07) is 6.95. The minimum atomic E-state index is -4.36. The number of benzene rings is 1. The maximum Gasteiger partial charge on any atom is 0.411 e. The number of ether oxygens (including phenoxy) is 1. The highest BCUT2D eigenvalue weighted by Crippen LogP contribution is 2.52. The smallest absolute Gasteiger partial charge is 0.360 e. The molecular formula is C18H21F3N2O. The summed E-state index contributed by atoms with van der Waals surface area (Å²) in [5, 5.41) is 0. The highest BCUT2D eigenvalue weighted by Gasteiger charge is 2.54. The van der Waals surface area contributed by atoms with Gasteiger partial charge in [-0.1, -0.05) is 30.7 Å². The van der Waals surface area contributed by atoms with E-state index in [0.717, 1.165) is 37.9 Å². The number of piperidine rings is 1. The molecule has 0 amide bonds. The standard InChI is InChI=1S/C18H21F3N2O/c1-22-16-8-4-5-13(9-16)18(24-12-17(19,20)21)14-6-3-7-15(18)11-23(2)10-14/h4-5,8-9,14-15H,3,6-7,10-12H2,2H3. The fourth-order valence-corrected chi connectivity index (χ4v) is 4.46. The first kappa shape index (κ1) is 17.2. The van der Waals surface area contributed by atoms with Crippen molar-refractivity contribution < 1.29 is 17.9 Å². The largest absolute Gasteiger partial charge is 0.411 e. The van der Waals surface area contributed by atoms with Crippen LogP contribution in [0.5, 0.6) is 0 Å². The first-order chi connectivity index (χ1) is 11.3. The summed E-state index contributed by atoms with van der Waals surface area (Å²) in [6.45, 7) is 7.40. The minimum Gasteiger partial charge on any atom is -0.360 e. The van der Waals surface area contributed by atoms with Gasteiger partial charge in [0.2, 0.25) is 0 Å². The topological polar surface area (TPSA) is 16.8 Å². The van der Waals surface area contributed by atoms with E-state index in [1.54, 1.807) is 18.2 Å². The molecule has 1 saturated heterocycles. The lowest BCUT2D eigenvalue weighted by atomic mass is 9.62. The lowest BCUT2D eigenvalue weighted by Crippen LogP contribution is -2.59. The van der Waals surface area contributed by atoms with Gasteiger partial charge in [-0.05, 0) is 25.5 Å². The predicted molar refractivity (Wildman–Crippen MR) is 84.7 cm³/mol. The zero-order valence-electron chi connectivity index (χ0n) is 13.6. The summed E-state index contributed by atoms with van der Waals surface area (Å²) in [7, 11) is 2.01. The fraction of sp³-hybridized carbons (Fsp3) is 0.611. The van der Waals surface area contributed by atoms with Gasteiger partial charge in [0, 0.05) is 24.9 Å². The van der Waals surface area contributed by atoms with E-state index in [9.17, 15) is 13.2 Å². The van der Waals surface area contributed by atoms with Crippen LogP contribution in [-0.4, -0.2) is 37.8 Å². The lowest BCUT2D eigenvalue weighted by molar-refractivity contribution is -0.251. The molecule has 0 aromatic heterocycles. The lowest BCUT2D eigenvalue weighted by Gasteiger charge is -2.55. The van der Waals surface area contributed by atoms with E-state index in [1.807, 2.05) is 13.1 Å². The first-order valence-corrected chi connectivity index (χ1v) is 8.22. The zero-order chi connectivity index (χ0) is 17.4. The first-order valence-electron chi connectivity index (χ1n) is 8.22. The number of fused-ring (bicyclic) bond motifs is 2. The molecular weight excluding hydrogens is 317 g/mol. The van der Waals surface area contributed by atoms with Gasteiger partial charge >= 0.3 is 6.18 Å². The molecule has 1 aromatic rings. The van der Waals surface area contributed by atoms with Crippen molar-refractivity contribution in [1.82, 2.24) is 4.90 Å². The molecule has 1 aliphatic heterocycles. The number of halogens is 3. The van der Waals surface area contributed by atoms with Crippen molar-refractivity contribution in [2.75, 3.05) is 26.7 Å². The van der Waals surface area contributed by atoms with E-state index < -0.39 is 18.4 Å². The Morgan fingerprint density at radius 2 is 1.96 bits per heavy atom. The summed E-state index contributed by atoms with van der Waals surface area (Å²) < 4.78 is 44.4. The van der Waals surface area contributed by atoms with Gasteiger partial charge in [0.05, 0.1) is 6.57 Å². The van der Waals surface area contributed by atoms with Crippen LogP contribution in [0.15, 0.2) is 24.3 Å². The molecule has 1 saturated carbocycles. The van der Waals surface area contributed by atoms with Gasteiger partial charge in [-0.2, -0.15) is 13.2 Å². The molecule has 0 N–H and O–H groups in total. The van der Waals surface area contributed by atoms with Crippen LogP contribution in [0.2, 0.25) is 0 Å². The third kappa shape index (κ3) is 3.15. The number of alkyl halides is 3. The van der Waals surface area contributed by atoms with Crippen LogP contribution in [0, 0.1) is 18.4 Å². The van der Waals surface area contributed by atoms with Crippen LogP contribution in [-0.2, 0) is 10.3 Å². The summed E-state index contributed by atoms with van der Waals surface area (Å²) in [4.78, 5) is 5.62. The molecule has 1 heterocycles. The van der Waals surface area contributed by atoms with E-state index in [2.05, 4.69) is 9.74 Å². The van der Waals surface area contributed by atoms with Crippen molar-refractivity contribution in [2.24, 2.45) is 11.8 Å². The predicted octanol–water partition coefficient (Wildman–Crippen LogP) is 4.37. The highest BCUT2D eigenvalue weighted by atomic mass is 19.4. The molecule has 2 fully saturated rings. The fourth-order valence-electron chi connectivity index (χ4n) is 4.46. The molecule has 1 aromatic carbocycles. The molecule has 0 spiro atoms. The van der Waals surface area contributed by atoms with E-state index in [0.29, 0.717) is 5.69 Å². The van der Waals surface area contributed by atoms with E-state index in [1.165, 1.54) is 0 Å². The highest BCUT2D eigenvalue weighted by molar-refractivity contribution is 5.48. The average Bonchev–Trinajstić information content (AvgIpc) is 2.52. The van der Waals surface area contributed by atoms with Crippen molar-refractivity contribution in [1.29, 1.82) is 0 Å². The SMILES string of the molecule is [C-]#[N+]c1cccc(C2(OCC(F)(F)F)C3CCCC2CN(C)C3)c1. The number of hydrogen-bond donors (Lipinski definition) is 0. The maximum atomic E-state index is 12.9. The van der Waals surface area contributed by atoms with Gasteiger partial charge in [0.15, 0.2) is 5.69 Å². The normalized spacial score (nSPS) is 30.8. The van der Waals surface area contributed by atoms with Crippen LogP contribution in [0.1, 0.15) is 24.8 Å². The van der Waals surface area contributed by atoms with Crippen LogP contribution in [0.4, 0.5) is 18.9 Å². The van der Waals surface area contributed by atoms with Crippen LogP contribution in [0.25, 0.3) is 4.85 Å². The van der Waals surface area contributed by atoms with Crippen molar-refractivity contribution in [3.05, 3.63) is 41.2 Å². The molecule has 2 bridgehead atoms. The Balaban J connectivity index is 2.05. The van der Waals surface area contributed by atoms with Gasteiger partial charge in [-0.15, -0.1) is 0 Å². The minimum absolute atomic E-state index is 0.0123. The van der Waals surface area contributed by atoms with Gasteiger partial charge in [-0.3, -0.25) is 0 Å². The van der Waals surface area contributed by atoms with Crippen molar-refractivity contribution in [3.63, 3.8) is 0 Å². The van der Waals surface area contributed by atoms with Crippen LogP contribution in [0.3, 0.4) is 0 Å². The van der Waals surface area contributed by atoms with Crippen LogP contribution < -0.4 is 0 Å². The second kappa shape index (κ2) is 6.38. The molecule has 130 valence electrons. The monoisotopic (exact) mass is 338 g/mol. The van der Waals surface area contributed by atoms with Crippen molar-refractivity contribution >= 4 is 5.69 Å². The molecule has 1 aliphatic carbocycles. The zero-order valence-corrected chi connectivity index (χ0v) is 13.6. The Hall–Kier alpha value is -1.58. The molecule has 0 radical (unpaired) electrons. The Kier molecular flexibility index (Phi) is 4.58.